The monoisotopic (exact) mass is 662 g/mol. The summed E-state index contributed by atoms with van der Waals surface area (Å²) in [6, 6.07) is 52.2. The summed E-state index contributed by atoms with van der Waals surface area (Å²) in [6.45, 7) is 0.152. The summed E-state index contributed by atoms with van der Waals surface area (Å²) in [5.74, 6) is 0. The number of benzene rings is 6. The molecular weight excluding hydrogens is 631 g/mol. The van der Waals surface area contributed by atoms with E-state index in [1.807, 2.05) is 22.7 Å². The normalized spacial score (nSPS) is 14.5. The van der Waals surface area contributed by atoms with E-state index in [4.69, 9.17) is 0 Å². The van der Waals surface area contributed by atoms with Crippen molar-refractivity contribution in [2.45, 2.75) is 25.7 Å². The second-order valence-electron chi connectivity index (χ2n) is 13.4. The summed E-state index contributed by atoms with van der Waals surface area (Å²) in [5.41, 5.74) is 14.8. The summed E-state index contributed by atoms with van der Waals surface area (Å²) < 4.78 is 5.55. The standard InChI is InChI=1S/C44H31BN2S2/c1-2-16-29(17-3-1)46-36-24-13-25-37-40(36)45(43-41(46)33-20-7-10-26-38(33)48-43)44-42(34-21-8-11-27-39(34)49-44)47(37)35-23-9-6-19-32(35)31-22-12-15-28-14-4-5-18-30(28)31/h1-3,6-13,15-17,19-27H,4-5,14,18H2. The van der Waals surface area contributed by atoms with Crippen molar-refractivity contribution < 1.29 is 0 Å². The van der Waals surface area contributed by atoms with Crippen LogP contribution in [0.4, 0.5) is 34.1 Å². The van der Waals surface area contributed by atoms with Crippen molar-refractivity contribution in [1.82, 2.24) is 0 Å². The van der Waals surface area contributed by atoms with Crippen molar-refractivity contribution in [2.24, 2.45) is 0 Å². The van der Waals surface area contributed by atoms with Crippen molar-refractivity contribution in [3.05, 3.63) is 151 Å². The van der Waals surface area contributed by atoms with Crippen molar-refractivity contribution in [2.75, 3.05) is 9.80 Å². The van der Waals surface area contributed by atoms with Gasteiger partial charge >= 0.3 is 0 Å². The topological polar surface area (TPSA) is 6.48 Å². The van der Waals surface area contributed by atoms with Crippen LogP contribution in [0, 0.1) is 0 Å². The molecule has 3 aliphatic rings. The lowest BCUT2D eigenvalue weighted by molar-refractivity contribution is 0.687. The van der Waals surface area contributed by atoms with Crippen LogP contribution in [0.25, 0.3) is 31.3 Å². The van der Waals surface area contributed by atoms with Crippen LogP contribution in [0.15, 0.2) is 140 Å². The van der Waals surface area contributed by atoms with Crippen LogP contribution in [0.3, 0.4) is 0 Å². The van der Waals surface area contributed by atoms with Gasteiger partial charge in [-0.2, -0.15) is 0 Å². The molecule has 232 valence electrons. The Balaban J connectivity index is 1.25. The molecule has 4 heterocycles. The molecule has 2 aliphatic heterocycles. The van der Waals surface area contributed by atoms with Crippen molar-refractivity contribution in [3.8, 4) is 11.1 Å². The fourth-order valence-corrected chi connectivity index (χ4v) is 11.5. The molecule has 0 atom stereocenters. The first-order chi connectivity index (χ1) is 24.3. The number of thiophene rings is 2. The van der Waals surface area contributed by atoms with Gasteiger partial charge in [0.1, 0.15) is 0 Å². The van der Waals surface area contributed by atoms with Crippen molar-refractivity contribution in [3.63, 3.8) is 0 Å². The van der Waals surface area contributed by atoms with E-state index < -0.39 is 0 Å². The minimum absolute atomic E-state index is 0.152. The molecule has 0 N–H and O–H groups in total. The van der Waals surface area contributed by atoms with Gasteiger partial charge in [0.25, 0.3) is 6.71 Å². The predicted octanol–water partition coefficient (Wildman–Crippen LogP) is 10.7. The molecule has 0 radical (unpaired) electrons. The lowest BCUT2D eigenvalue weighted by Gasteiger charge is -2.42. The van der Waals surface area contributed by atoms with Gasteiger partial charge < -0.3 is 9.80 Å². The van der Waals surface area contributed by atoms with Gasteiger partial charge in [-0.15, -0.1) is 22.7 Å². The highest BCUT2D eigenvalue weighted by Gasteiger charge is 2.47. The molecule has 0 saturated carbocycles. The lowest BCUT2D eigenvalue weighted by Crippen LogP contribution is -2.59. The van der Waals surface area contributed by atoms with Crippen molar-refractivity contribution in [1.29, 1.82) is 0 Å². The summed E-state index contributed by atoms with van der Waals surface area (Å²) in [5, 5.41) is 2.66. The second-order valence-corrected chi connectivity index (χ2v) is 15.6. The van der Waals surface area contributed by atoms with E-state index in [0.29, 0.717) is 0 Å². The molecule has 6 aromatic carbocycles. The fraction of sp³-hybridized carbons (Fsp3) is 0.0909. The number of rotatable bonds is 3. The Labute approximate surface area is 294 Å². The number of aryl methyl sites for hydroxylation is 1. The zero-order valence-electron chi connectivity index (χ0n) is 26.9. The third kappa shape index (κ3) is 3.94. The van der Waals surface area contributed by atoms with Gasteiger partial charge in [-0.25, -0.2) is 0 Å². The molecule has 11 rings (SSSR count). The maximum atomic E-state index is 2.63. The number of para-hydroxylation sites is 2. The van der Waals surface area contributed by atoms with Crippen LogP contribution < -0.4 is 24.8 Å². The Morgan fingerprint density at radius 3 is 1.82 bits per heavy atom. The van der Waals surface area contributed by atoms with E-state index in [1.54, 1.807) is 0 Å². The van der Waals surface area contributed by atoms with E-state index in [9.17, 15) is 0 Å². The summed E-state index contributed by atoms with van der Waals surface area (Å²) >= 11 is 3.95. The molecule has 0 spiro atoms. The zero-order chi connectivity index (χ0) is 32.1. The van der Waals surface area contributed by atoms with E-state index in [2.05, 4.69) is 149 Å². The first kappa shape index (κ1) is 27.8. The Bertz CT molecular complexity index is 2600. The van der Waals surface area contributed by atoms with Crippen molar-refractivity contribution >= 4 is 98.7 Å². The molecular formula is C44H31BN2S2. The van der Waals surface area contributed by atoms with E-state index in [0.717, 1.165) is 6.42 Å². The number of hydrogen-bond acceptors (Lipinski definition) is 4. The number of fused-ring (bicyclic) bond motifs is 9. The van der Waals surface area contributed by atoms with Crippen LogP contribution in [-0.2, 0) is 12.8 Å². The molecule has 49 heavy (non-hydrogen) atoms. The molecule has 1 aliphatic carbocycles. The molecule has 8 aromatic rings. The predicted molar refractivity (Wildman–Crippen MR) is 213 cm³/mol. The molecule has 0 saturated heterocycles. The van der Waals surface area contributed by atoms with Crippen LogP contribution >= 0.6 is 22.7 Å². The van der Waals surface area contributed by atoms with Gasteiger partial charge in [-0.3, -0.25) is 0 Å². The van der Waals surface area contributed by atoms with E-state index >= 15 is 0 Å². The average Bonchev–Trinajstić information content (AvgIpc) is 3.74. The fourth-order valence-electron chi connectivity index (χ4n) is 8.83. The minimum Gasteiger partial charge on any atom is -0.310 e. The summed E-state index contributed by atoms with van der Waals surface area (Å²) in [6.07, 6.45) is 4.87. The second kappa shape index (κ2) is 10.7. The number of nitrogens with zero attached hydrogens (tertiary/aromatic N) is 2. The van der Waals surface area contributed by atoms with Gasteiger partial charge in [0.15, 0.2) is 0 Å². The van der Waals surface area contributed by atoms with Crippen LogP contribution in [0.1, 0.15) is 24.0 Å². The highest BCUT2D eigenvalue weighted by atomic mass is 32.1. The SMILES string of the molecule is c1ccc(N2c3cccc4c3B(c3sc5ccccc5c32)c2sc3ccccc3c2N4c2ccccc2-c2cccc3c2CCCC3)cc1. The van der Waals surface area contributed by atoms with Crippen LogP contribution in [-0.4, -0.2) is 6.71 Å². The average molecular weight is 663 g/mol. The molecule has 2 nitrogen and oxygen atoms in total. The lowest BCUT2D eigenvalue weighted by atomic mass is 9.39. The van der Waals surface area contributed by atoms with Gasteiger partial charge in [-0.05, 0) is 90.3 Å². The first-order valence-electron chi connectivity index (χ1n) is 17.4. The first-order valence-corrected chi connectivity index (χ1v) is 19.0. The largest absolute Gasteiger partial charge is 0.310 e. The van der Waals surface area contributed by atoms with E-state index in [1.165, 1.54) is 111 Å². The third-order valence-electron chi connectivity index (χ3n) is 10.8. The van der Waals surface area contributed by atoms with Gasteiger partial charge in [0.2, 0.25) is 0 Å². The third-order valence-corrected chi connectivity index (χ3v) is 13.3. The summed E-state index contributed by atoms with van der Waals surface area (Å²) in [4.78, 5) is 5.17. The smallest absolute Gasteiger partial charge is 0.277 e. The number of hydrogen-bond donors (Lipinski definition) is 0. The summed E-state index contributed by atoms with van der Waals surface area (Å²) in [7, 11) is 0. The maximum absolute atomic E-state index is 2.63. The quantitative estimate of drug-likeness (QED) is 0.174. The molecule has 0 bridgehead atoms. The molecule has 0 unspecified atom stereocenters. The molecule has 0 amide bonds. The highest BCUT2D eigenvalue weighted by Crippen LogP contribution is 2.51. The van der Waals surface area contributed by atoms with E-state index in [-0.39, 0.29) is 6.71 Å². The van der Waals surface area contributed by atoms with Crippen LogP contribution in [0.5, 0.6) is 0 Å². The maximum Gasteiger partial charge on any atom is 0.277 e. The number of anilines is 6. The molecule has 2 aromatic heterocycles. The Kier molecular flexibility index (Phi) is 6.07. The van der Waals surface area contributed by atoms with Crippen LogP contribution in [0.2, 0.25) is 0 Å². The Morgan fingerprint density at radius 1 is 0.469 bits per heavy atom. The minimum atomic E-state index is 0.152. The van der Waals surface area contributed by atoms with Gasteiger partial charge in [0.05, 0.1) is 17.1 Å². The zero-order valence-corrected chi connectivity index (χ0v) is 28.5. The molecule has 0 fully saturated rings. The Morgan fingerprint density at radius 2 is 1.04 bits per heavy atom. The molecule has 5 heteroatoms. The highest BCUT2D eigenvalue weighted by molar-refractivity contribution is 7.40. The Hall–Kier alpha value is -5.10. The van der Waals surface area contributed by atoms with Gasteiger partial charge in [0, 0.05) is 52.4 Å². The van der Waals surface area contributed by atoms with Gasteiger partial charge in [-0.1, -0.05) is 97.1 Å².